The summed E-state index contributed by atoms with van der Waals surface area (Å²) in [7, 11) is 3.02. The van der Waals surface area contributed by atoms with Crippen LogP contribution in [-0.4, -0.2) is 42.8 Å². The molecule has 0 aliphatic heterocycles. The molecular formula is C24H26N4O5. The smallest absolute Gasteiger partial charge is 0.330 e. The van der Waals surface area contributed by atoms with Gasteiger partial charge in [-0.15, -0.1) is 0 Å². The first-order valence-electron chi connectivity index (χ1n) is 10.2. The molecular weight excluding hydrogens is 424 g/mol. The van der Waals surface area contributed by atoms with E-state index in [1.165, 1.54) is 29.8 Å². The Bertz CT molecular complexity index is 1250. The lowest BCUT2D eigenvalue weighted by Crippen LogP contribution is -2.42. The number of methoxy groups -OCH3 is 2. The highest BCUT2D eigenvalue weighted by Gasteiger charge is 2.23. The summed E-state index contributed by atoms with van der Waals surface area (Å²) in [6.45, 7) is 0.353. The van der Waals surface area contributed by atoms with E-state index in [4.69, 9.17) is 15.2 Å². The average molecular weight is 450 g/mol. The Morgan fingerprint density at radius 1 is 1.09 bits per heavy atom. The van der Waals surface area contributed by atoms with Gasteiger partial charge in [-0.2, -0.15) is 0 Å². The molecule has 3 rings (SSSR count). The van der Waals surface area contributed by atoms with Crippen LogP contribution in [0.5, 0.6) is 5.75 Å². The van der Waals surface area contributed by atoms with Gasteiger partial charge in [-0.05, 0) is 17.7 Å². The van der Waals surface area contributed by atoms with Crippen LogP contribution in [-0.2, 0) is 16.1 Å². The highest BCUT2D eigenvalue weighted by molar-refractivity contribution is 6.05. The molecule has 0 atom stereocenters. The van der Waals surface area contributed by atoms with Gasteiger partial charge in [-0.3, -0.25) is 24.0 Å². The molecule has 0 bridgehead atoms. The van der Waals surface area contributed by atoms with Gasteiger partial charge in [0.2, 0.25) is 0 Å². The normalized spacial score (nSPS) is 11.0. The fourth-order valence-electron chi connectivity index (χ4n) is 3.33. The lowest BCUT2D eigenvalue weighted by atomic mass is 10.2. The molecule has 0 fully saturated rings. The number of amides is 1. The average Bonchev–Trinajstić information content (AvgIpc) is 2.83. The zero-order chi connectivity index (χ0) is 23.8. The third kappa shape index (κ3) is 5.58. The number of rotatable bonds is 9. The summed E-state index contributed by atoms with van der Waals surface area (Å²) in [5, 5.41) is 0. The molecule has 1 heterocycles. The van der Waals surface area contributed by atoms with Crippen LogP contribution in [0.25, 0.3) is 6.08 Å². The van der Waals surface area contributed by atoms with Crippen molar-refractivity contribution in [3.05, 3.63) is 92.6 Å². The van der Waals surface area contributed by atoms with Crippen LogP contribution in [0.1, 0.15) is 11.1 Å². The fraction of sp³-hybridized carbons (Fsp3) is 0.208. The minimum atomic E-state index is -0.753. The van der Waals surface area contributed by atoms with E-state index in [2.05, 4.69) is 4.98 Å². The number of ether oxygens (including phenoxy) is 2. The molecule has 9 nitrogen and oxygen atoms in total. The number of anilines is 2. The van der Waals surface area contributed by atoms with Crippen molar-refractivity contribution >= 4 is 23.5 Å². The summed E-state index contributed by atoms with van der Waals surface area (Å²) in [6, 6.07) is 16.4. The maximum absolute atomic E-state index is 13.1. The van der Waals surface area contributed by atoms with Crippen LogP contribution in [0.15, 0.2) is 70.3 Å². The van der Waals surface area contributed by atoms with E-state index in [0.29, 0.717) is 11.3 Å². The summed E-state index contributed by atoms with van der Waals surface area (Å²) in [5.41, 5.74) is 6.24. The number of carbonyl (C=O) groups is 1. The predicted octanol–water partition coefficient (Wildman–Crippen LogP) is 1.87. The highest BCUT2D eigenvalue weighted by atomic mass is 16.5. The van der Waals surface area contributed by atoms with E-state index < -0.39 is 17.2 Å². The Morgan fingerprint density at radius 3 is 2.48 bits per heavy atom. The molecule has 1 aromatic heterocycles. The van der Waals surface area contributed by atoms with Gasteiger partial charge in [0.1, 0.15) is 11.6 Å². The lowest BCUT2D eigenvalue weighted by Gasteiger charge is -2.23. The molecule has 0 unspecified atom stereocenters. The largest absolute Gasteiger partial charge is 0.496 e. The SMILES string of the molecule is COCCN(C(=O)/C=C/c1ccccc1OC)c1c(N)n(Cc2ccccc2)c(=O)[nH]c1=O. The molecule has 2 aromatic carbocycles. The lowest BCUT2D eigenvalue weighted by molar-refractivity contribution is -0.114. The van der Waals surface area contributed by atoms with Crippen LogP contribution in [0, 0.1) is 0 Å². The van der Waals surface area contributed by atoms with Gasteiger partial charge in [0.25, 0.3) is 11.5 Å². The van der Waals surface area contributed by atoms with Gasteiger partial charge >= 0.3 is 5.69 Å². The van der Waals surface area contributed by atoms with E-state index in [-0.39, 0.29) is 31.2 Å². The van der Waals surface area contributed by atoms with Gasteiger partial charge in [0, 0.05) is 25.3 Å². The van der Waals surface area contributed by atoms with E-state index >= 15 is 0 Å². The van der Waals surface area contributed by atoms with Crippen molar-refractivity contribution in [2.24, 2.45) is 0 Å². The van der Waals surface area contributed by atoms with Crippen molar-refractivity contribution in [1.82, 2.24) is 9.55 Å². The molecule has 3 aromatic rings. The van der Waals surface area contributed by atoms with Crippen LogP contribution in [0.4, 0.5) is 11.5 Å². The van der Waals surface area contributed by atoms with Gasteiger partial charge < -0.3 is 15.2 Å². The second-order valence-corrected chi connectivity index (χ2v) is 7.12. The number of H-pyrrole nitrogens is 1. The first kappa shape index (κ1) is 23.6. The van der Waals surface area contributed by atoms with E-state index in [0.717, 1.165) is 5.56 Å². The summed E-state index contributed by atoms with van der Waals surface area (Å²) in [5.74, 6) is -0.0124. The molecule has 0 saturated heterocycles. The highest BCUT2D eigenvalue weighted by Crippen LogP contribution is 2.21. The quantitative estimate of drug-likeness (QED) is 0.480. The molecule has 172 valence electrons. The first-order valence-corrected chi connectivity index (χ1v) is 10.2. The number of nitrogens with zero attached hydrogens (tertiary/aromatic N) is 2. The maximum Gasteiger partial charge on any atom is 0.330 e. The number of nitrogens with two attached hydrogens (primary N) is 1. The summed E-state index contributed by atoms with van der Waals surface area (Å²) in [4.78, 5) is 41.8. The molecule has 0 saturated carbocycles. The minimum absolute atomic E-state index is 0.0580. The van der Waals surface area contributed by atoms with Crippen LogP contribution in [0.2, 0.25) is 0 Å². The number of aromatic amines is 1. The molecule has 33 heavy (non-hydrogen) atoms. The van der Waals surface area contributed by atoms with Crippen molar-refractivity contribution in [3.8, 4) is 5.75 Å². The summed E-state index contributed by atoms with van der Waals surface area (Å²) < 4.78 is 11.6. The van der Waals surface area contributed by atoms with Crippen molar-refractivity contribution < 1.29 is 14.3 Å². The number of hydrogen-bond donors (Lipinski definition) is 2. The number of nitrogens with one attached hydrogen (secondary N) is 1. The Balaban J connectivity index is 2.02. The standard InChI is InChI=1S/C24H26N4O5/c1-32-15-14-27(20(29)13-12-18-10-6-7-11-19(18)33-2)21-22(25)28(24(31)26-23(21)30)16-17-8-4-3-5-9-17/h3-13H,14-16,25H2,1-2H3,(H,26,30,31)/b13-12+. The number of benzene rings is 2. The van der Waals surface area contributed by atoms with Crippen LogP contribution < -0.4 is 26.6 Å². The van der Waals surface area contributed by atoms with Gasteiger partial charge in [-0.25, -0.2) is 4.79 Å². The zero-order valence-electron chi connectivity index (χ0n) is 18.5. The summed E-state index contributed by atoms with van der Waals surface area (Å²) >= 11 is 0. The van der Waals surface area contributed by atoms with Crippen molar-refractivity contribution in [3.63, 3.8) is 0 Å². The molecule has 0 aliphatic rings. The fourth-order valence-corrected chi connectivity index (χ4v) is 3.33. The number of hydrogen-bond acceptors (Lipinski definition) is 6. The topological polar surface area (TPSA) is 120 Å². The van der Waals surface area contributed by atoms with Crippen molar-refractivity contribution in [1.29, 1.82) is 0 Å². The number of carbonyl (C=O) groups excluding carboxylic acids is 1. The zero-order valence-corrected chi connectivity index (χ0v) is 18.5. The second kappa shape index (κ2) is 11.0. The first-order chi connectivity index (χ1) is 16.0. The Kier molecular flexibility index (Phi) is 7.82. The van der Waals surface area contributed by atoms with Crippen molar-refractivity contribution in [2.75, 3.05) is 38.0 Å². The van der Waals surface area contributed by atoms with Crippen molar-refractivity contribution in [2.45, 2.75) is 6.54 Å². The minimum Gasteiger partial charge on any atom is -0.496 e. The third-order valence-corrected chi connectivity index (χ3v) is 5.00. The molecule has 0 spiro atoms. The van der Waals surface area contributed by atoms with Gasteiger partial charge in [0.15, 0.2) is 5.69 Å². The number of nitrogen functional groups attached to an aromatic ring is 1. The van der Waals surface area contributed by atoms with Crippen LogP contribution in [0.3, 0.4) is 0 Å². The maximum atomic E-state index is 13.1. The predicted molar refractivity (Wildman–Crippen MR) is 128 cm³/mol. The number of para-hydroxylation sites is 1. The third-order valence-electron chi connectivity index (χ3n) is 5.00. The van der Waals surface area contributed by atoms with E-state index in [1.807, 2.05) is 42.5 Å². The Morgan fingerprint density at radius 2 is 1.79 bits per heavy atom. The number of aromatic nitrogens is 2. The van der Waals surface area contributed by atoms with E-state index in [1.54, 1.807) is 18.2 Å². The van der Waals surface area contributed by atoms with Gasteiger partial charge in [0.05, 0.1) is 20.3 Å². The van der Waals surface area contributed by atoms with Gasteiger partial charge in [-0.1, -0.05) is 48.5 Å². The second-order valence-electron chi connectivity index (χ2n) is 7.12. The molecule has 0 aliphatic carbocycles. The Hall–Kier alpha value is -4.11. The Labute approximate surface area is 190 Å². The molecule has 1 amide bonds. The molecule has 9 heteroatoms. The molecule has 3 N–H and O–H groups in total. The van der Waals surface area contributed by atoms with Crippen LogP contribution >= 0.6 is 0 Å². The molecule has 0 radical (unpaired) electrons. The summed E-state index contributed by atoms with van der Waals surface area (Å²) in [6.07, 6.45) is 2.91. The monoisotopic (exact) mass is 450 g/mol. The van der Waals surface area contributed by atoms with E-state index in [9.17, 15) is 14.4 Å².